The third-order valence-electron chi connectivity index (χ3n) is 6.16. The standard InChI is InChI=1S/C25H22N2O3/c28-24(21-11-5-6-12-22(21)25(29)30)27-15-13-26(14-16-27)23-19-9-3-1-7-17(19)18-8-2-4-10-20(18)23/h1-12,23H,13-16H2,(H,29,30). The average molecular weight is 398 g/mol. The maximum atomic E-state index is 13.0. The van der Waals surface area contributed by atoms with E-state index in [2.05, 4.69) is 53.4 Å². The van der Waals surface area contributed by atoms with Crippen LogP contribution in [0.5, 0.6) is 0 Å². The molecule has 1 amide bonds. The van der Waals surface area contributed by atoms with E-state index in [0.717, 1.165) is 13.1 Å². The van der Waals surface area contributed by atoms with Gasteiger partial charge in [0.05, 0.1) is 17.2 Å². The Balaban J connectivity index is 1.37. The third kappa shape index (κ3) is 2.99. The molecule has 1 aliphatic carbocycles. The van der Waals surface area contributed by atoms with Gasteiger partial charge in [-0.15, -0.1) is 0 Å². The van der Waals surface area contributed by atoms with Gasteiger partial charge in [-0.2, -0.15) is 0 Å². The fourth-order valence-electron chi connectivity index (χ4n) is 4.73. The quantitative estimate of drug-likeness (QED) is 0.727. The van der Waals surface area contributed by atoms with E-state index >= 15 is 0 Å². The van der Waals surface area contributed by atoms with Crippen LogP contribution in [-0.4, -0.2) is 53.0 Å². The van der Waals surface area contributed by atoms with Crippen LogP contribution in [0, 0.1) is 0 Å². The molecule has 30 heavy (non-hydrogen) atoms. The van der Waals surface area contributed by atoms with E-state index in [-0.39, 0.29) is 23.1 Å². The summed E-state index contributed by atoms with van der Waals surface area (Å²) in [4.78, 5) is 28.7. The number of fused-ring (bicyclic) bond motifs is 3. The molecule has 1 saturated heterocycles. The van der Waals surface area contributed by atoms with Crippen molar-refractivity contribution in [2.45, 2.75) is 6.04 Å². The molecule has 0 unspecified atom stereocenters. The van der Waals surface area contributed by atoms with E-state index < -0.39 is 5.97 Å². The highest BCUT2D eigenvalue weighted by Crippen LogP contribution is 2.46. The largest absolute Gasteiger partial charge is 0.478 e. The molecule has 2 aliphatic rings. The van der Waals surface area contributed by atoms with E-state index in [9.17, 15) is 14.7 Å². The zero-order valence-corrected chi connectivity index (χ0v) is 16.5. The first-order chi connectivity index (χ1) is 14.6. The molecule has 5 rings (SSSR count). The molecule has 3 aromatic carbocycles. The summed E-state index contributed by atoms with van der Waals surface area (Å²) in [6, 6.07) is 23.7. The summed E-state index contributed by atoms with van der Waals surface area (Å²) < 4.78 is 0. The highest BCUT2D eigenvalue weighted by Gasteiger charge is 2.35. The van der Waals surface area contributed by atoms with Crippen LogP contribution in [-0.2, 0) is 0 Å². The van der Waals surface area contributed by atoms with Crippen LogP contribution in [0.25, 0.3) is 11.1 Å². The summed E-state index contributed by atoms with van der Waals surface area (Å²) in [5, 5.41) is 9.41. The van der Waals surface area contributed by atoms with E-state index in [1.807, 2.05) is 0 Å². The monoisotopic (exact) mass is 398 g/mol. The van der Waals surface area contributed by atoms with Gasteiger partial charge < -0.3 is 10.0 Å². The summed E-state index contributed by atoms with van der Waals surface area (Å²) in [6.45, 7) is 2.64. The second-order valence-corrected chi connectivity index (χ2v) is 7.76. The molecule has 0 radical (unpaired) electrons. The summed E-state index contributed by atoms with van der Waals surface area (Å²) in [7, 11) is 0. The van der Waals surface area contributed by atoms with Gasteiger partial charge in [0, 0.05) is 26.2 Å². The normalized spacial score (nSPS) is 16.2. The molecule has 5 heteroatoms. The van der Waals surface area contributed by atoms with Gasteiger partial charge in [-0.05, 0) is 34.4 Å². The summed E-state index contributed by atoms with van der Waals surface area (Å²) in [5.74, 6) is -1.28. The van der Waals surface area contributed by atoms with Crippen molar-refractivity contribution < 1.29 is 14.7 Å². The molecule has 0 bridgehead atoms. The number of hydrogen-bond donors (Lipinski definition) is 1. The number of carbonyl (C=O) groups excluding carboxylic acids is 1. The average Bonchev–Trinajstić information content (AvgIpc) is 3.13. The molecule has 1 aliphatic heterocycles. The van der Waals surface area contributed by atoms with Crippen molar-refractivity contribution >= 4 is 11.9 Å². The van der Waals surface area contributed by atoms with Crippen molar-refractivity contribution in [1.82, 2.24) is 9.80 Å². The molecule has 1 heterocycles. The van der Waals surface area contributed by atoms with Gasteiger partial charge >= 0.3 is 5.97 Å². The Morgan fingerprint density at radius 3 is 1.77 bits per heavy atom. The zero-order valence-electron chi connectivity index (χ0n) is 16.5. The number of piperazine rings is 1. The number of carboxylic acids is 1. The fourth-order valence-corrected chi connectivity index (χ4v) is 4.73. The Labute approximate surface area is 175 Å². The Hall–Kier alpha value is -3.44. The lowest BCUT2D eigenvalue weighted by Gasteiger charge is -2.38. The van der Waals surface area contributed by atoms with E-state index in [1.54, 1.807) is 23.1 Å². The zero-order chi connectivity index (χ0) is 20.7. The topological polar surface area (TPSA) is 60.9 Å². The molecule has 0 saturated carbocycles. The van der Waals surface area contributed by atoms with Crippen molar-refractivity contribution in [3.8, 4) is 11.1 Å². The Bertz CT molecular complexity index is 1090. The number of amides is 1. The van der Waals surface area contributed by atoms with Crippen LogP contribution in [0.3, 0.4) is 0 Å². The number of benzene rings is 3. The van der Waals surface area contributed by atoms with Gasteiger partial charge in [-0.1, -0.05) is 60.7 Å². The van der Waals surface area contributed by atoms with Gasteiger partial charge in [0.1, 0.15) is 0 Å². The van der Waals surface area contributed by atoms with Crippen LogP contribution in [0.2, 0.25) is 0 Å². The highest BCUT2D eigenvalue weighted by atomic mass is 16.4. The molecule has 150 valence electrons. The predicted molar refractivity (Wildman–Crippen MR) is 115 cm³/mol. The van der Waals surface area contributed by atoms with Gasteiger partial charge in [0.25, 0.3) is 5.91 Å². The number of carboxylic acid groups (broad SMARTS) is 1. The van der Waals surface area contributed by atoms with Crippen LogP contribution in [0.4, 0.5) is 0 Å². The highest BCUT2D eigenvalue weighted by molar-refractivity contribution is 6.04. The number of aromatic carboxylic acids is 1. The van der Waals surface area contributed by atoms with Gasteiger partial charge in [-0.3, -0.25) is 9.69 Å². The summed E-state index contributed by atoms with van der Waals surface area (Å²) in [6.07, 6.45) is 0. The maximum absolute atomic E-state index is 13.0. The first-order valence-electron chi connectivity index (χ1n) is 10.2. The number of hydrogen-bond acceptors (Lipinski definition) is 3. The van der Waals surface area contributed by atoms with Crippen molar-refractivity contribution in [3.05, 3.63) is 95.1 Å². The summed E-state index contributed by atoms with van der Waals surface area (Å²) in [5.41, 5.74) is 5.52. The van der Waals surface area contributed by atoms with Crippen LogP contribution < -0.4 is 0 Å². The minimum Gasteiger partial charge on any atom is -0.478 e. The van der Waals surface area contributed by atoms with Crippen LogP contribution >= 0.6 is 0 Å². The molecule has 0 atom stereocenters. The predicted octanol–water partition coefficient (Wildman–Crippen LogP) is 3.91. The molecule has 1 N–H and O–H groups in total. The van der Waals surface area contributed by atoms with Gasteiger partial charge in [0.15, 0.2) is 0 Å². The van der Waals surface area contributed by atoms with Crippen LogP contribution in [0.1, 0.15) is 37.9 Å². The van der Waals surface area contributed by atoms with Crippen molar-refractivity contribution in [2.75, 3.05) is 26.2 Å². The lowest BCUT2D eigenvalue weighted by Crippen LogP contribution is -2.49. The molecule has 3 aromatic rings. The molecular weight excluding hydrogens is 376 g/mol. The maximum Gasteiger partial charge on any atom is 0.336 e. The first-order valence-corrected chi connectivity index (χ1v) is 10.2. The van der Waals surface area contributed by atoms with Crippen LogP contribution in [0.15, 0.2) is 72.8 Å². The Morgan fingerprint density at radius 2 is 1.20 bits per heavy atom. The lowest BCUT2D eigenvalue weighted by atomic mass is 10.0. The first kappa shape index (κ1) is 18.6. The molecule has 0 spiro atoms. The van der Waals surface area contributed by atoms with E-state index in [0.29, 0.717) is 13.1 Å². The number of nitrogens with zero attached hydrogens (tertiary/aromatic N) is 2. The summed E-state index contributed by atoms with van der Waals surface area (Å²) >= 11 is 0. The molecule has 5 nitrogen and oxygen atoms in total. The van der Waals surface area contributed by atoms with E-state index in [1.165, 1.54) is 28.3 Å². The number of carbonyl (C=O) groups is 2. The van der Waals surface area contributed by atoms with Crippen molar-refractivity contribution in [1.29, 1.82) is 0 Å². The molecular formula is C25H22N2O3. The second-order valence-electron chi connectivity index (χ2n) is 7.76. The Kier molecular flexibility index (Phi) is 4.60. The molecule has 0 aromatic heterocycles. The lowest BCUT2D eigenvalue weighted by molar-refractivity contribution is 0.0585. The van der Waals surface area contributed by atoms with E-state index in [4.69, 9.17) is 0 Å². The van der Waals surface area contributed by atoms with Gasteiger partial charge in [-0.25, -0.2) is 4.79 Å². The van der Waals surface area contributed by atoms with Crippen molar-refractivity contribution in [2.24, 2.45) is 0 Å². The van der Waals surface area contributed by atoms with Gasteiger partial charge in [0.2, 0.25) is 0 Å². The minimum absolute atomic E-state index is 0.0589. The Morgan fingerprint density at radius 1 is 0.700 bits per heavy atom. The van der Waals surface area contributed by atoms with Crippen molar-refractivity contribution in [3.63, 3.8) is 0 Å². The SMILES string of the molecule is O=C(O)c1ccccc1C(=O)N1CCN(C2c3ccccc3-c3ccccc32)CC1. The second kappa shape index (κ2) is 7.43. The third-order valence-corrected chi connectivity index (χ3v) is 6.16. The number of rotatable bonds is 3. The molecule has 1 fully saturated rings. The fraction of sp³-hybridized carbons (Fsp3) is 0.200. The minimum atomic E-state index is -1.07. The smallest absolute Gasteiger partial charge is 0.336 e.